The summed E-state index contributed by atoms with van der Waals surface area (Å²) in [5.41, 5.74) is 1.58. The van der Waals surface area contributed by atoms with E-state index in [4.69, 9.17) is 9.47 Å². The number of amides is 1. The number of aromatic nitrogens is 2. The number of hydrogen-bond donors (Lipinski definition) is 0. The van der Waals surface area contributed by atoms with Crippen LogP contribution in [-0.2, 0) is 16.0 Å². The lowest BCUT2D eigenvalue weighted by Crippen LogP contribution is -2.54. The SMILES string of the molecule is CCn1nc(C)cc1C(=O)N1CCO[C@H]2[C@@H](OCC3CC3)CC[C@@H]21. The lowest BCUT2D eigenvalue weighted by atomic mass is 10.1. The number of carbonyl (C=O) groups excluding carboxylic acids is 1. The minimum atomic E-state index is 0.0283. The van der Waals surface area contributed by atoms with Gasteiger partial charge < -0.3 is 14.4 Å². The maximum atomic E-state index is 13.1. The Balaban J connectivity index is 1.48. The van der Waals surface area contributed by atoms with Crippen LogP contribution in [0, 0.1) is 12.8 Å². The summed E-state index contributed by atoms with van der Waals surface area (Å²) >= 11 is 0. The van der Waals surface area contributed by atoms with Crippen molar-refractivity contribution >= 4 is 5.91 Å². The smallest absolute Gasteiger partial charge is 0.272 e. The van der Waals surface area contributed by atoms with Crippen molar-refractivity contribution in [3.8, 4) is 0 Å². The average Bonchev–Trinajstić information content (AvgIpc) is 3.21. The predicted octanol–water partition coefficient (Wildman–Crippen LogP) is 2.01. The van der Waals surface area contributed by atoms with Crippen LogP contribution >= 0.6 is 0 Å². The van der Waals surface area contributed by atoms with E-state index in [1.165, 1.54) is 12.8 Å². The van der Waals surface area contributed by atoms with Crippen LogP contribution in [-0.4, -0.2) is 58.6 Å². The zero-order valence-electron chi connectivity index (χ0n) is 14.6. The second kappa shape index (κ2) is 6.48. The van der Waals surface area contributed by atoms with E-state index in [1.54, 1.807) is 4.68 Å². The van der Waals surface area contributed by atoms with Crippen LogP contribution in [0.2, 0.25) is 0 Å². The summed E-state index contributed by atoms with van der Waals surface area (Å²) in [6, 6.07) is 2.03. The Morgan fingerprint density at radius 2 is 2.21 bits per heavy atom. The number of hydrogen-bond acceptors (Lipinski definition) is 4. The number of rotatable bonds is 5. The summed E-state index contributed by atoms with van der Waals surface area (Å²) in [4.78, 5) is 15.1. The van der Waals surface area contributed by atoms with E-state index in [1.807, 2.05) is 24.8 Å². The maximum absolute atomic E-state index is 13.1. The van der Waals surface area contributed by atoms with Gasteiger partial charge in [0, 0.05) is 19.7 Å². The second-order valence-corrected chi connectivity index (χ2v) is 7.28. The molecule has 1 aliphatic heterocycles. The van der Waals surface area contributed by atoms with Gasteiger partial charge in [-0.25, -0.2) is 0 Å². The van der Waals surface area contributed by atoms with Gasteiger partial charge in [0.25, 0.3) is 5.91 Å². The Morgan fingerprint density at radius 3 is 2.96 bits per heavy atom. The number of aryl methyl sites for hydroxylation is 2. The molecule has 3 aliphatic rings. The average molecular weight is 333 g/mol. The van der Waals surface area contributed by atoms with E-state index < -0.39 is 0 Å². The molecule has 2 aliphatic carbocycles. The fourth-order valence-corrected chi connectivity index (χ4v) is 4.00. The van der Waals surface area contributed by atoms with E-state index in [0.29, 0.717) is 25.4 Å². The first-order valence-electron chi connectivity index (χ1n) is 9.26. The molecule has 6 heteroatoms. The largest absolute Gasteiger partial charge is 0.375 e. The van der Waals surface area contributed by atoms with E-state index in [9.17, 15) is 4.79 Å². The number of ether oxygens (including phenoxy) is 2. The van der Waals surface area contributed by atoms with Crippen molar-refractivity contribution in [2.45, 2.75) is 64.3 Å². The second-order valence-electron chi connectivity index (χ2n) is 7.28. The lowest BCUT2D eigenvalue weighted by Gasteiger charge is -2.39. The van der Waals surface area contributed by atoms with Crippen LogP contribution in [0.15, 0.2) is 6.07 Å². The normalized spacial score (nSPS) is 29.8. The third kappa shape index (κ3) is 2.97. The van der Waals surface area contributed by atoms with Gasteiger partial charge in [0.05, 0.1) is 24.4 Å². The van der Waals surface area contributed by atoms with Crippen LogP contribution < -0.4 is 0 Å². The third-order valence-corrected chi connectivity index (χ3v) is 5.46. The zero-order chi connectivity index (χ0) is 16.7. The number of carbonyl (C=O) groups is 1. The molecule has 1 aromatic rings. The Morgan fingerprint density at radius 1 is 1.38 bits per heavy atom. The van der Waals surface area contributed by atoms with Gasteiger partial charge in [-0.05, 0) is 51.5 Å². The van der Waals surface area contributed by atoms with Gasteiger partial charge in [-0.2, -0.15) is 5.10 Å². The van der Waals surface area contributed by atoms with Crippen molar-refractivity contribution in [3.63, 3.8) is 0 Å². The van der Waals surface area contributed by atoms with E-state index in [2.05, 4.69) is 5.10 Å². The van der Waals surface area contributed by atoms with Crippen molar-refractivity contribution < 1.29 is 14.3 Å². The molecular weight excluding hydrogens is 306 g/mol. The van der Waals surface area contributed by atoms with Gasteiger partial charge in [-0.15, -0.1) is 0 Å². The van der Waals surface area contributed by atoms with E-state index in [0.717, 1.165) is 31.1 Å². The molecule has 24 heavy (non-hydrogen) atoms. The molecule has 1 aromatic heterocycles. The van der Waals surface area contributed by atoms with Gasteiger partial charge in [-0.3, -0.25) is 9.48 Å². The topological polar surface area (TPSA) is 56.6 Å². The molecule has 0 aromatic carbocycles. The first-order chi connectivity index (χ1) is 11.7. The highest BCUT2D eigenvalue weighted by atomic mass is 16.5. The van der Waals surface area contributed by atoms with Gasteiger partial charge in [0.1, 0.15) is 11.8 Å². The molecule has 0 radical (unpaired) electrons. The fourth-order valence-electron chi connectivity index (χ4n) is 4.00. The molecule has 3 fully saturated rings. The highest BCUT2D eigenvalue weighted by Gasteiger charge is 2.46. The van der Waals surface area contributed by atoms with Crippen molar-refractivity contribution in [3.05, 3.63) is 17.5 Å². The molecule has 0 unspecified atom stereocenters. The molecule has 2 saturated carbocycles. The van der Waals surface area contributed by atoms with Crippen molar-refractivity contribution in [2.24, 2.45) is 5.92 Å². The fraction of sp³-hybridized carbons (Fsp3) is 0.778. The minimum Gasteiger partial charge on any atom is -0.375 e. The summed E-state index contributed by atoms with van der Waals surface area (Å²) in [6.45, 7) is 6.76. The summed E-state index contributed by atoms with van der Waals surface area (Å²) < 4.78 is 13.9. The first-order valence-corrected chi connectivity index (χ1v) is 9.26. The Bertz CT molecular complexity index is 611. The third-order valence-electron chi connectivity index (χ3n) is 5.46. The number of fused-ring (bicyclic) bond motifs is 1. The molecule has 3 atom stereocenters. The van der Waals surface area contributed by atoms with Crippen molar-refractivity contribution in [1.29, 1.82) is 0 Å². The minimum absolute atomic E-state index is 0.0283. The quantitative estimate of drug-likeness (QED) is 0.827. The molecule has 132 valence electrons. The van der Waals surface area contributed by atoms with Crippen LogP contribution in [0.1, 0.15) is 48.8 Å². The summed E-state index contributed by atoms with van der Waals surface area (Å²) in [6.07, 6.45) is 4.71. The van der Waals surface area contributed by atoms with E-state index in [-0.39, 0.29) is 24.2 Å². The van der Waals surface area contributed by atoms with Crippen molar-refractivity contribution in [2.75, 3.05) is 19.8 Å². The van der Waals surface area contributed by atoms with Crippen LogP contribution in [0.5, 0.6) is 0 Å². The van der Waals surface area contributed by atoms with Gasteiger partial charge in [0.2, 0.25) is 0 Å². The highest BCUT2D eigenvalue weighted by Crippen LogP contribution is 2.35. The molecule has 1 saturated heterocycles. The number of nitrogens with zero attached hydrogens (tertiary/aromatic N) is 3. The molecule has 0 N–H and O–H groups in total. The Hall–Kier alpha value is -1.40. The zero-order valence-corrected chi connectivity index (χ0v) is 14.6. The molecule has 6 nitrogen and oxygen atoms in total. The molecule has 1 amide bonds. The standard InChI is InChI=1S/C18H27N3O3/c1-3-21-15(10-12(2)19-21)18(22)20-8-9-23-17-14(20)6-7-16(17)24-11-13-4-5-13/h10,13-14,16-17H,3-9,11H2,1-2H3/t14-,16-,17+/m0/s1. The highest BCUT2D eigenvalue weighted by molar-refractivity contribution is 5.93. The predicted molar refractivity (Wildman–Crippen MR) is 88.9 cm³/mol. The summed E-state index contributed by atoms with van der Waals surface area (Å²) in [7, 11) is 0. The monoisotopic (exact) mass is 333 g/mol. The number of morpholine rings is 1. The van der Waals surface area contributed by atoms with Gasteiger partial charge in [-0.1, -0.05) is 0 Å². The molecule has 4 rings (SSSR count). The van der Waals surface area contributed by atoms with Crippen LogP contribution in [0.3, 0.4) is 0 Å². The summed E-state index contributed by atoms with van der Waals surface area (Å²) in [5, 5.41) is 4.41. The Kier molecular flexibility index (Phi) is 4.35. The maximum Gasteiger partial charge on any atom is 0.272 e. The van der Waals surface area contributed by atoms with Crippen LogP contribution in [0.4, 0.5) is 0 Å². The van der Waals surface area contributed by atoms with Gasteiger partial charge in [0.15, 0.2) is 0 Å². The van der Waals surface area contributed by atoms with Crippen molar-refractivity contribution in [1.82, 2.24) is 14.7 Å². The lowest BCUT2D eigenvalue weighted by molar-refractivity contribution is -0.106. The molecular formula is C18H27N3O3. The Labute approximate surface area is 143 Å². The molecule has 0 bridgehead atoms. The molecule has 0 spiro atoms. The first kappa shape index (κ1) is 16.1. The molecule has 2 heterocycles. The van der Waals surface area contributed by atoms with E-state index >= 15 is 0 Å². The van der Waals surface area contributed by atoms with Crippen LogP contribution in [0.25, 0.3) is 0 Å². The summed E-state index contributed by atoms with van der Waals surface area (Å²) in [5.74, 6) is 0.839. The van der Waals surface area contributed by atoms with Gasteiger partial charge >= 0.3 is 0 Å².